The SMILES string of the molecule is O=C(O)Cc1cc(F)ccc1-c1cc(Cl)ccc1Cl. The van der Waals surface area contributed by atoms with Crippen molar-refractivity contribution in [3.05, 3.63) is 57.8 Å². The van der Waals surface area contributed by atoms with Crippen LogP contribution in [0.2, 0.25) is 10.0 Å². The van der Waals surface area contributed by atoms with Gasteiger partial charge < -0.3 is 5.11 Å². The minimum absolute atomic E-state index is 0.282. The minimum Gasteiger partial charge on any atom is -0.481 e. The van der Waals surface area contributed by atoms with Crippen LogP contribution >= 0.6 is 23.2 Å². The van der Waals surface area contributed by atoms with E-state index in [1.165, 1.54) is 18.2 Å². The van der Waals surface area contributed by atoms with Crippen LogP contribution in [0.1, 0.15) is 5.56 Å². The van der Waals surface area contributed by atoms with Crippen LogP contribution in [-0.4, -0.2) is 11.1 Å². The van der Waals surface area contributed by atoms with Crippen molar-refractivity contribution < 1.29 is 14.3 Å². The molecule has 0 saturated heterocycles. The van der Waals surface area contributed by atoms with Crippen LogP contribution in [0.25, 0.3) is 11.1 Å². The number of hydrogen-bond donors (Lipinski definition) is 1. The minimum atomic E-state index is -1.04. The van der Waals surface area contributed by atoms with Gasteiger partial charge in [0.15, 0.2) is 0 Å². The molecule has 0 saturated carbocycles. The summed E-state index contributed by atoms with van der Waals surface area (Å²) >= 11 is 12.0. The van der Waals surface area contributed by atoms with E-state index in [0.717, 1.165) is 0 Å². The van der Waals surface area contributed by atoms with Gasteiger partial charge in [0.1, 0.15) is 5.82 Å². The summed E-state index contributed by atoms with van der Waals surface area (Å²) in [5.41, 5.74) is 1.51. The van der Waals surface area contributed by atoms with E-state index in [1.807, 2.05) is 0 Å². The van der Waals surface area contributed by atoms with Crippen LogP contribution in [0, 0.1) is 5.82 Å². The molecule has 5 heteroatoms. The lowest BCUT2D eigenvalue weighted by molar-refractivity contribution is -0.136. The summed E-state index contributed by atoms with van der Waals surface area (Å²) in [7, 11) is 0. The summed E-state index contributed by atoms with van der Waals surface area (Å²) in [4.78, 5) is 10.8. The fourth-order valence-corrected chi connectivity index (χ4v) is 2.23. The summed E-state index contributed by atoms with van der Waals surface area (Å²) in [5.74, 6) is -1.52. The zero-order valence-electron chi connectivity index (χ0n) is 9.66. The number of carboxylic acid groups (broad SMARTS) is 1. The van der Waals surface area contributed by atoms with Gasteiger partial charge in [-0.05, 0) is 41.5 Å². The van der Waals surface area contributed by atoms with Crippen molar-refractivity contribution in [2.75, 3.05) is 0 Å². The quantitative estimate of drug-likeness (QED) is 0.910. The van der Waals surface area contributed by atoms with Crippen LogP contribution < -0.4 is 0 Å². The Morgan fingerprint density at radius 2 is 1.84 bits per heavy atom. The van der Waals surface area contributed by atoms with Crippen molar-refractivity contribution in [2.24, 2.45) is 0 Å². The standard InChI is InChI=1S/C14H9Cl2FO2/c15-9-1-4-13(16)12(7-9)11-3-2-10(17)5-8(11)6-14(18)19/h1-5,7H,6H2,(H,18,19). The highest BCUT2D eigenvalue weighted by atomic mass is 35.5. The molecule has 0 spiro atoms. The topological polar surface area (TPSA) is 37.3 Å². The van der Waals surface area contributed by atoms with Crippen LogP contribution in [0.5, 0.6) is 0 Å². The molecule has 2 aromatic carbocycles. The molecule has 19 heavy (non-hydrogen) atoms. The molecule has 0 aliphatic heterocycles. The first-order valence-electron chi connectivity index (χ1n) is 5.43. The predicted octanol–water partition coefficient (Wildman–Crippen LogP) is 4.43. The van der Waals surface area contributed by atoms with Gasteiger partial charge in [0.2, 0.25) is 0 Å². The third-order valence-corrected chi connectivity index (χ3v) is 3.19. The second-order valence-corrected chi connectivity index (χ2v) is 4.84. The lowest BCUT2D eigenvalue weighted by Crippen LogP contribution is -2.02. The summed E-state index contributed by atoms with van der Waals surface area (Å²) in [6.07, 6.45) is -0.282. The maximum Gasteiger partial charge on any atom is 0.307 e. The average molecular weight is 299 g/mol. The maximum atomic E-state index is 13.2. The fourth-order valence-electron chi connectivity index (χ4n) is 1.84. The molecule has 0 heterocycles. The monoisotopic (exact) mass is 298 g/mol. The van der Waals surface area contributed by atoms with Crippen molar-refractivity contribution in [1.82, 2.24) is 0 Å². The third kappa shape index (κ3) is 3.25. The Kier molecular flexibility index (Phi) is 4.08. The second kappa shape index (κ2) is 5.59. The van der Waals surface area contributed by atoms with Gasteiger partial charge in [0.05, 0.1) is 6.42 Å². The first-order chi connectivity index (χ1) is 8.97. The summed E-state index contributed by atoms with van der Waals surface area (Å²) in [6, 6.07) is 8.84. The Morgan fingerprint density at radius 1 is 1.11 bits per heavy atom. The highest BCUT2D eigenvalue weighted by Gasteiger charge is 2.13. The van der Waals surface area contributed by atoms with Gasteiger partial charge in [-0.3, -0.25) is 4.79 Å². The number of carboxylic acids is 1. The van der Waals surface area contributed by atoms with Crippen molar-refractivity contribution in [3.8, 4) is 11.1 Å². The molecular formula is C14H9Cl2FO2. The predicted molar refractivity (Wildman–Crippen MR) is 73.2 cm³/mol. The van der Waals surface area contributed by atoms with Crippen LogP contribution in [0.15, 0.2) is 36.4 Å². The highest BCUT2D eigenvalue weighted by Crippen LogP contribution is 2.33. The summed E-state index contributed by atoms with van der Waals surface area (Å²) in [5, 5.41) is 9.78. The molecule has 1 N–H and O–H groups in total. The van der Waals surface area contributed by atoms with Crippen molar-refractivity contribution in [1.29, 1.82) is 0 Å². The molecule has 0 unspecified atom stereocenters. The number of benzene rings is 2. The van der Waals surface area contributed by atoms with E-state index < -0.39 is 11.8 Å². The molecule has 2 aromatic rings. The van der Waals surface area contributed by atoms with E-state index in [-0.39, 0.29) is 6.42 Å². The van der Waals surface area contributed by atoms with Gasteiger partial charge >= 0.3 is 5.97 Å². The second-order valence-electron chi connectivity index (χ2n) is 4.00. The fraction of sp³-hybridized carbons (Fsp3) is 0.0714. The molecule has 0 aromatic heterocycles. The van der Waals surface area contributed by atoms with Crippen molar-refractivity contribution in [3.63, 3.8) is 0 Å². The molecule has 0 aliphatic rings. The van der Waals surface area contributed by atoms with Crippen molar-refractivity contribution >= 4 is 29.2 Å². The number of halogens is 3. The molecule has 2 rings (SSSR count). The third-order valence-electron chi connectivity index (χ3n) is 2.63. The van der Waals surface area contributed by atoms with Crippen LogP contribution in [0.4, 0.5) is 4.39 Å². The number of aliphatic carboxylic acids is 1. The number of hydrogen-bond acceptors (Lipinski definition) is 1. The first kappa shape index (κ1) is 13.8. The molecule has 0 radical (unpaired) electrons. The lowest BCUT2D eigenvalue weighted by Gasteiger charge is -2.10. The highest BCUT2D eigenvalue weighted by molar-refractivity contribution is 6.35. The van der Waals surface area contributed by atoms with E-state index in [0.29, 0.717) is 26.7 Å². The van der Waals surface area contributed by atoms with Gasteiger partial charge in [0.25, 0.3) is 0 Å². The van der Waals surface area contributed by atoms with E-state index in [4.69, 9.17) is 28.3 Å². The van der Waals surface area contributed by atoms with Gasteiger partial charge in [-0.15, -0.1) is 0 Å². The van der Waals surface area contributed by atoms with Gasteiger partial charge in [0, 0.05) is 15.6 Å². The zero-order valence-corrected chi connectivity index (χ0v) is 11.2. The van der Waals surface area contributed by atoms with Crippen molar-refractivity contribution in [2.45, 2.75) is 6.42 Å². The Balaban J connectivity index is 2.60. The van der Waals surface area contributed by atoms with Gasteiger partial charge in [-0.2, -0.15) is 0 Å². The largest absolute Gasteiger partial charge is 0.481 e. The molecule has 0 fully saturated rings. The number of carbonyl (C=O) groups is 1. The Hall–Kier alpha value is -1.58. The normalized spacial score (nSPS) is 10.5. The summed E-state index contributed by atoms with van der Waals surface area (Å²) in [6.45, 7) is 0. The number of rotatable bonds is 3. The first-order valence-corrected chi connectivity index (χ1v) is 6.18. The van der Waals surface area contributed by atoms with E-state index in [9.17, 15) is 9.18 Å². The summed E-state index contributed by atoms with van der Waals surface area (Å²) < 4.78 is 13.2. The van der Waals surface area contributed by atoms with E-state index in [2.05, 4.69) is 0 Å². The zero-order chi connectivity index (χ0) is 14.0. The molecule has 0 atom stereocenters. The molecule has 98 valence electrons. The van der Waals surface area contributed by atoms with Gasteiger partial charge in [-0.25, -0.2) is 4.39 Å². The molecular weight excluding hydrogens is 290 g/mol. The Labute approximate surface area is 119 Å². The lowest BCUT2D eigenvalue weighted by atomic mass is 9.97. The van der Waals surface area contributed by atoms with E-state index in [1.54, 1.807) is 18.2 Å². The van der Waals surface area contributed by atoms with Crippen LogP contribution in [0.3, 0.4) is 0 Å². The Morgan fingerprint density at radius 3 is 2.53 bits per heavy atom. The molecule has 2 nitrogen and oxygen atoms in total. The smallest absolute Gasteiger partial charge is 0.307 e. The Bertz CT molecular complexity index is 641. The molecule has 0 aliphatic carbocycles. The van der Waals surface area contributed by atoms with Gasteiger partial charge in [-0.1, -0.05) is 29.3 Å². The van der Waals surface area contributed by atoms with Crippen LogP contribution in [-0.2, 0) is 11.2 Å². The maximum absolute atomic E-state index is 13.2. The molecule has 0 bridgehead atoms. The average Bonchev–Trinajstić information content (AvgIpc) is 2.32. The van der Waals surface area contributed by atoms with E-state index >= 15 is 0 Å². The molecule has 0 amide bonds.